The first-order valence-corrected chi connectivity index (χ1v) is 9.57. The lowest BCUT2D eigenvalue weighted by molar-refractivity contribution is 0.0945. The average molecular weight is 384 g/mol. The molecule has 134 valence electrons. The zero-order chi connectivity index (χ0) is 18.4. The van der Waals surface area contributed by atoms with Crippen LogP contribution in [0.4, 0.5) is 0 Å². The Labute approximate surface area is 151 Å². The summed E-state index contributed by atoms with van der Waals surface area (Å²) in [6.07, 6.45) is 1.55. The number of methoxy groups -OCH3 is 1. The van der Waals surface area contributed by atoms with Crippen molar-refractivity contribution < 1.29 is 17.9 Å². The highest BCUT2D eigenvalue weighted by molar-refractivity contribution is 7.91. The minimum absolute atomic E-state index is 0.0114. The molecule has 2 aromatic rings. The number of carbonyl (C=O) groups excluding carboxylic acids is 1. The number of hydrogen-bond acceptors (Lipinski definition) is 6. The van der Waals surface area contributed by atoms with Gasteiger partial charge in [-0.1, -0.05) is 30.7 Å². The molecule has 0 aliphatic rings. The van der Waals surface area contributed by atoms with E-state index in [0.29, 0.717) is 12.2 Å². The number of amides is 1. The van der Waals surface area contributed by atoms with Crippen LogP contribution in [0, 0.1) is 0 Å². The van der Waals surface area contributed by atoms with Crippen molar-refractivity contribution in [3.8, 4) is 5.75 Å². The lowest BCUT2D eigenvalue weighted by atomic mass is 10.2. The third-order valence-electron chi connectivity index (χ3n) is 3.30. The van der Waals surface area contributed by atoms with Crippen molar-refractivity contribution in [2.24, 2.45) is 0 Å². The van der Waals surface area contributed by atoms with E-state index < -0.39 is 20.9 Å². The van der Waals surface area contributed by atoms with Gasteiger partial charge in [0.2, 0.25) is 15.0 Å². The average Bonchev–Trinajstić information content (AvgIpc) is 2.60. The van der Waals surface area contributed by atoms with Crippen LogP contribution in [-0.2, 0) is 16.4 Å². The summed E-state index contributed by atoms with van der Waals surface area (Å²) >= 11 is 5.94. The van der Waals surface area contributed by atoms with Gasteiger partial charge in [-0.3, -0.25) is 4.79 Å². The summed E-state index contributed by atoms with van der Waals surface area (Å²) < 4.78 is 29.2. The Hall–Kier alpha value is -2.19. The topological polar surface area (TPSA) is 98.2 Å². The number of benzene rings is 1. The van der Waals surface area contributed by atoms with Crippen LogP contribution in [0.3, 0.4) is 0 Å². The van der Waals surface area contributed by atoms with Gasteiger partial charge in [-0.25, -0.2) is 18.4 Å². The van der Waals surface area contributed by atoms with Crippen LogP contribution >= 0.6 is 11.6 Å². The van der Waals surface area contributed by atoms with Crippen LogP contribution in [-0.4, -0.2) is 37.2 Å². The Kier molecular flexibility index (Phi) is 6.33. The number of nitrogens with one attached hydrogen (secondary N) is 1. The van der Waals surface area contributed by atoms with Gasteiger partial charge in [0.25, 0.3) is 5.91 Å². The van der Waals surface area contributed by atoms with Gasteiger partial charge in [0.15, 0.2) is 5.69 Å². The normalized spacial score (nSPS) is 11.2. The molecule has 7 nitrogen and oxygen atoms in total. The number of carbonyl (C=O) groups is 1. The van der Waals surface area contributed by atoms with Crippen LogP contribution in [0.2, 0.25) is 5.02 Å². The van der Waals surface area contributed by atoms with Crippen LogP contribution < -0.4 is 10.1 Å². The molecule has 1 heterocycles. The van der Waals surface area contributed by atoms with Crippen molar-refractivity contribution in [1.29, 1.82) is 0 Å². The molecule has 0 fully saturated rings. The van der Waals surface area contributed by atoms with Crippen molar-refractivity contribution in [3.63, 3.8) is 0 Å². The van der Waals surface area contributed by atoms with Gasteiger partial charge in [0, 0.05) is 6.54 Å². The molecule has 0 saturated carbocycles. The van der Waals surface area contributed by atoms with E-state index in [0.717, 1.165) is 11.8 Å². The molecule has 0 atom stereocenters. The number of aromatic nitrogens is 2. The molecule has 0 spiro atoms. The van der Waals surface area contributed by atoms with E-state index in [4.69, 9.17) is 16.3 Å². The number of rotatable bonds is 7. The van der Waals surface area contributed by atoms with Gasteiger partial charge >= 0.3 is 0 Å². The Morgan fingerprint density at radius 1 is 1.28 bits per heavy atom. The van der Waals surface area contributed by atoms with Crippen molar-refractivity contribution >= 4 is 27.3 Å². The molecule has 1 aromatic carbocycles. The quantitative estimate of drug-likeness (QED) is 0.736. The second-order valence-electron chi connectivity index (χ2n) is 5.20. The maximum atomic E-state index is 12.3. The minimum Gasteiger partial charge on any atom is -0.497 e. The Bertz CT molecular complexity index is 854. The molecule has 0 saturated heterocycles. The molecule has 1 N–H and O–H groups in total. The van der Waals surface area contributed by atoms with E-state index in [9.17, 15) is 13.2 Å². The maximum absolute atomic E-state index is 12.3. The molecule has 25 heavy (non-hydrogen) atoms. The fraction of sp³-hybridized carbons (Fsp3) is 0.312. The molecule has 0 bridgehead atoms. The summed E-state index contributed by atoms with van der Waals surface area (Å²) in [5.41, 5.74) is 0.679. The van der Waals surface area contributed by atoms with Gasteiger partial charge in [-0.2, -0.15) is 0 Å². The molecular formula is C16H18ClN3O4S. The molecule has 2 rings (SSSR count). The summed E-state index contributed by atoms with van der Waals surface area (Å²) in [6, 6.07) is 7.15. The van der Waals surface area contributed by atoms with Crippen LogP contribution in [0.5, 0.6) is 5.75 Å². The van der Waals surface area contributed by atoms with E-state index in [1.165, 1.54) is 0 Å². The predicted octanol–water partition coefficient (Wildman–Crippen LogP) is 2.25. The smallest absolute Gasteiger partial charge is 0.271 e. The first-order chi connectivity index (χ1) is 11.9. The van der Waals surface area contributed by atoms with Crippen LogP contribution in [0.15, 0.2) is 35.6 Å². The van der Waals surface area contributed by atoms with E-state index in [1.807, 2.05) is 0 Å². The molecule has 0 aliphatic carbocycles. The first kappa shape index (κ1) is 19.1. The van der Waals surface area contributed by atoms with Gasteiger partial charge in [-0.05, 0) is 24.1 Å². The zero-order valence-corrected chi connectivity index (χ0v) is 15.4. The van der Waals surface area contributed by atoms with Gasteiger partial charge in [-0.15, -0.1) is 0 Å². The predicted molar refractivity (Wildman–Crippen MR) is 93.6 cm³/mol. The molecule has 0 radical (unpaired) electrons. The van der Waals surface area contributed by atoms with E-state index in [1.54, 1.807) is 38.3 Å². The molecule has 0 unspecified atom stereocenters. The molecule has 0 aliphatic heterocycles. The summed E-state index contributed by atoms with van der Waals surface area (Å²) in [7, 11) is -2.07. The Balaban J connectivity index is 2.15. The molecule has 9 heteroatoms. The largest absolute Gasteiger partial charge is 0.497 e. The van der Waals surface area contributed by atoms with Crippen LogP contribution in [0.1, 0.15) is 29.4 Å². The third-order valence-corrected chi connectivity index (χ3v) is 5.28. The number of sulfone groups is 1. The first-order valence-electron chi connectivity index (χ1n) is 7.53. The highest BCUT2D eigenvalue weighted by Crippen LogP contribution is 2.16. The van der Waals surface area contributed by atoms with E-state index in [2.05, 4.69) is 15.3 Å². The highest BCUT2D eigenvalue weighted by Gasteiger charge is 2.21. The Morgan fingerprint density at radius 2 is 1.96 bits per heavy atom. The van der Waals surface area contributed by atoms with Gasteiger partial charge in [0.1, 0.15) is 5.75 Å². The van der Waals surface area contributed by atoms with Crippen molar-refractivity contribution in [2.75, 3.05) is 12.9 Å². The second kappa shape index (κ2) is 8.26. The van der Waals surface area contributed by atoms with Gasteiger partial charge < -0.3 is 10.1 Å². The molecule has 1 amide bonds. The van der Waals surface area contributed by atoms with Crippen molar-refractivity contribution in [2.45, 2.75) is 25.0 Å². The van der Waals surface area contributed by atoms with Gasteiger partial charge in [0.05, 0.1) is 24.1 Å². The number of nitrogens with zero attached hydrogens (tertiary/aromatic N) is 2. The SMILES string of the molecule is CCCS(=O)(=O)c1ncc(Cl)c(C(=O)NCc2ccc(OC)cc2)n1. The fourth-order valence-corrected chi connectivity index (χ4v) is 3.37. The molecule has 1 aromatic heterocycles. The zero-order valence-electron chi connectivity index (χ0n) is 13.8. The summed E-state index contributed by atoms with van der Waals surface area (Å²) in [5, 5.41) is 2.25. The summed E-state index contributed by atoms with van der Waals surface area (Å²) in [5.74, 6) is 0.0394. The number of hydrogen-bond donors (Lipinski definition) is 1. The monoisotopic (exact) mass is 383 g/mol. The highest BCUT2D eigenvalue weighted by atomic mass is 35.5. The van der Waals surface area contributed by atoms with Crippen molar-refractivity contribution in [3.05, 3.63) is 46.7 Å². The second-order valence-corrected chi connectivity index (χ2v) is 7.61. The van der Waals surface area contributed by atoms with Crippen molar-refractivity contribution in [1.82, 2.24) is 15.3 Å². The minimum atomic E-state index is -3.63. The number of ether oxygens (including phenoxy) is 1. The third kappa shape index (κ3) is 4.90. The fourth-order valence-electron chi connectivity index (χ4n) is 2.03. The van der Waals surface area contributed by atoms with E-state index in [-0.39, 0.29) is 23.0 Å². The van der Waals surface area contributed by atoms with Crippen LogP contribution in [0.25, 0.3) is 0 Å². The standard InChI is InChI=1S/C16H18ClN3O4S/c1-3-8-25(22,23)16-19-10-13(17)14(20-16)15(21)18-9-11-4-6-12(24-2)7-5-11/h4-7,10H,3,8-9H2,1-2H3,(H,18,21). The maximum Gasteiger partial charge on any atom is 0.271 e. The summed E-state index contributed by atoms with van der Waals surface area (Å²) in [6.45, 7) is 1.97. The Morgan fingerprint density at radius 3 is 2.56 bits per heavy atom. The van der Waals surface area contributed by atoms with E-state index >= 15 is 0 Å². The summed E-state index contributed by atoms with van der Waals surface area (Å²) in [4.78, 5) is 19.9. The lowest BCUT2D eigenvalue weighted by Crippen LogP contribution is -2.25. The molecular weight excluding hydrogens is 366 g/mol. The lowest BCUT2D eigenvalue weighted by Gasteiger charge is -2.08. The number of halogens is 1.